The van der Waals surface area contributed by atoms with Gasteiger partial charge in [-0.05, 0) is 147 Å². The van der Waals surface area contributed by atoms with Gasteiger partial charge in [-0.1, -0.05) is 99.6 Å². The maximum absolute atomic E-state index is 4.94. The Kier molecular flexibility index (Phi) is 11.4. The Morgan fingerprint density at radius 2 is 1.64 bits per heavy atom. The molecule has 0 N–H and O–H groups in total. The van der Waals surface area contributed by atoms with E-state index in [1.807, 2.05) is 13.8 Å². The van der Waals surface area contributed by atoms with Crippen molar-refractivity contribution in [2.24, 2.45) is 69.5 Å². The molecule has 0 aromatic carbocycles. The smallest absolute Gasteiger partial charge is 0.159 e. The summed E-state index contributed by atoms with van der Waals surface area (Å²) in [7, 11) is 0. The van der Waals surface area contributed by atoms with Crippen molar-refractivity contribution in [3.63, 3.8) is 0 Å². The molecule has 4 saturated carbocycles. The minimum atomic E-state index is 0. The minimum Gasteiger partial charge on any atom is -0.236 e. The number of aromatic nitrogens is 2. The summed E-state index contributed by atoms with van der Waals surface area (Å²) in [4.78, 5) is 9.88. The first kappa shape index (κ1) is 37.9. The highest BCUT2D eigenvalue weighted by Gasteiger charge is 2.77. The van der Waals surface area contributed by atoms with Gasteiger partial charge in [-0.2, -0.15) is 0 Å². The van der Waals surface area contributed by atoms with Gasteiger partial charge in [-0.3, -0.25) is 0 Å². The Bertz CT molecular complexity index is 1350. The highest BCUT2D eigenvalue weighted by molar-refractivity contribution is 5.80. The Morgan fingerprint density at radius 3 is 2.23 bits per heavy atom. The zero-order chi connectivity index (χ0) is 33.8. The van der Waals surface area contributed by atoms with Crippen LogP contribution in [-0.2, 0) is 6.42 Å². The van der Waals surface area contributed by atoms with Crippen molar-refractivity contribution in [3.8, 4) is 0 Å². The molecule has 6 rings (SSSR count). The van der Waals surface area contributed by atoms with Crippen molar-refractivity contribution in [3.05, 3.63) is 65.8 Å². The molecule has 11 atom stereocenters. The lowest BCUT2D eigenvalue weighted by molar-refractivity contribution is -0.0879. The van der Waals surface area contributed by atoms with Gasteiger partial charge in [-0.25, -0.2) is 9.97 Å². The van der Waals surface area contributed by atoms with Crippen molar-refractivity contribution < 1.29 is 0 Å². The van der Waals surface area contributed by atoms with E-state index in [0.717, 1.165) is 54.2 Å². The molecule has 1 aromatic heterocycles. The summed E-state index contributed by atoms with van der Waals surface area (Å²) in [5.74, 6) is 7.60. The van der Waals surface area contributed by atoms with E-state index in [1.54, 1.807) is 11.1 Å². The van der Waals surface area contributed by atoms with E-state index in [2.05, 4.69) is 93.4 Å². The van der Waals surface area contributed by atoms with E-state index in [1.165, 1.54) is 61.7 Å². The molecular formula is C45H72N2. The van der Waals surface area contributed by atoms with Gasteiger partial charge in [0.1, 0.15) is 0 Å². The van der Waals surface area contributed by atoms with Crippen molar-refractivity contribution in [1.82, 2.24) is 9.97 Å². The topological polar surface area (TPSA) is 25.8 Å². The van der Waals surface area contributed by atoms with Crippen LogP contribution in [0.4, 0.5) is 0 Å². The van der Waals surface area contributed by atoms with E-state index < -0.39 is 0 Å². The molecular weight excluding hydrogens is 569 g/mol. The Hall–Kier alpha value is -1.96. The summed E-state index contributed by atoms with van der Waals surface area (Å²) in [6.45, 7) is 35.3. The zero-order valence-electron chi connectivity index (χ0n) is 31.7. The van der Waals surface area contributed by atoms with Crippen LogP contribution in [0.25, 0.3) is 5.57 Å². The van der Waals surface area contributed by atoms with E-state index in [4.69, 9.17) is 16.5 Å². The first-order valence-electron chi connectivity index (χ1n) is 19.3. The van der Waals surface area contributed by atoms with Crippen LogP contribution in [-0.4, -0.2) is 9.97 Å². The number of nitrogens with zero attached hydrogens (tertiary/aromatic N) is 2. The van der Waals surface area contributed by atoms with Crippen molar-refractivity contribution in [2.75, 3.05) is 0 Å². The van der Waals surface area contributed by atoms with Gasteiger partial charge in [0.15, 0.2) is 5.82 Å². The summed E-state index contributed by atoms with van der Waals surface area (Å²) >= 11 is 0. The van der Waals surface area contributed by atoms with Crippen molar-refractivity contribution in [2.45, 2.75) is 141 Å². The maximum Gasteiger partial charge on any atom is 0.159 e. The summed E-state index contributed by atoms with van der Waals surface area (Å²) in [6, 6.07) is 0. The average molecular weight is 641 g/mol. The largest absolute Gasteiger partial charge is 0.236 e. The quantitative estimate of drug-likeness (QED) is 0.238. The van der Waals surface area contributed by atoms with Gasteiger partial charge in [-0.15, -0.1) is 6.58 Å². The molecule has 0 spiro atoms. The molecule has 4 fully saturated rings. The number of hydrogen-bond acceptors (Lipinski definition) is 2. The van der Waals surface area contributed by atoms with Gasteiger partial charge in [0.2, 0.25) is 0 Å². The summed E-state index contributed by atoms with van der Waals surface area (Å²) in [5.41, 5.74) is 7.99. The zero-order valence-corrected chi connectivity index (χ0v) is 31.7. The number of rotatable bonds is 10. The first-order valence-corrected chi connectivity index (χ1v) is 19.3. The Labute approximate surface area is 291 Å². The predicted octanol–water partition coefficient (Wildman–Crippen LogP) is 13.0. The van der Waals surface area contributed by atoms with Crippen LogP contribution in [0.15, 0.2) is 54.4 Å². The highest BCUT2D eigenvalue weighted by atomic mass is 14.9. The normalized spacial score (nSPS) is 38.3. The predicted molar refractivity (Wildman–Crippen MR) is 205 cm³/mol. The van der Waals surface area contributed by atoms with E-state index in [0.29, 0.717) is 28.6 Å². The molecule has 0 aliphatic heterocycles. The van der Waals surface area contributed by atoms with Gasteiger partial charge in [0, 0.05) is 23.4 Å². The third-order valence-electron chi connectivity index (χ3n) is 15.2. The van der Waals surface area contributed by atoms with Crippen LogP contribution >= 0.6 is 0 Å². The van der Waals surface area contributed by atoms with Crippen LogP contribution in [0.1, 0.15) is 146 Å². The second-order valence-electron chi connectivity index (χ2n) is 17.3. The molecule has 0 saturated heterocycles. The third kappa shape index (κ3) is 5.88. The molecule has 262 valence electrons. The van der Waals surface area contributed by atoms with Gasteiger partial charge >= 0.3 is 0 Å². The highest BCUT2D eigenvalue weighted by Crippen LogP contribution is 2.83. The summed E-state index contributed by atoms with van der Waals surface area (Å²) in [6.07, 6.45) is 20.5. The van der Waals surface area contributed by atoms with Crippen LogP contribution in [0.5, 0.6) is 0 Å². The fraction of sp³-hybridized carbons (Fsp3) is 0.733. The molecule has 1 heterocycles. The van der Waals surface area contributed by atoms with Crippen LogP contribution in [0.3, 0.4) is 0 Å². The minimum absolute atomic E-state index is 0. The number of fused-ring (bicyclic) bond motifs is 5. The van der Waals surface area contributed by atoms with E-state index >= 15 is 0 Å². The molecule has 0 bridgehead atoms. The lowest BCUT2D eigenvalue weighted by atomic mass is 9.44. The molecule has 0 radical (unpaired) electrons. The lowest BCUT2D eigenvalue weighted by Crippen LogP contribution is -2.53. The molecule has 2 nitrogen and oxygen atoms in total. The number of allylic oxidation sites excluding steroid dienone is 6. The Balaban J connectivity index is 0.00000164. The van der Waals surface area contributed by atoms with Crippen LogP contribution in [0, 0.1) is 69.5 Å². The van der Waals surface area contributed by atoms with Gasteiger partial charge in [0.05, 0.1) is 0 Å². The van der Waals surface area contributed by atoms with Crippen molar-refractivity contribution in [1.29, 1.82) is 0 Å². The fourth-order valence-electron chi connectivity index (χ4n) is 12.3. The monoisotopic (exact) mass is 641 g/mol. The van der Waals surface area contributed by atoms with Gasteiger partial charge < -0.3 is 0 Å². The molecule has 2 heteroatoms. The number of hydrogen-bond donors (Lipinski definition) is 0. The Morgan fingerprint density at radius 1 is 0.979 bits per heavy atom. The summed E-state index contributed by atoms with van der Waals surface area (Å²) < 4.78 is 0. The fourth-order valence-corrected chi connectivity index (χ4v) is 12.3. The van der Waals surface area contributed by atoms with Gasteiger partial charge in [0.25, 0.3) is 0 Å². The first-order chi connectivity index (χ1) is 21.8. The molecule has 47 heavy (non-hydrogen) atoms. The molecule has 5 aliphatic carbocycles. The van der Waals surface area contributed by atoms with Crippen molar-refractivity contribution >= 4 is 5.57 Å². The summed E-state index contributed by atoms with van der Waals surface area (Å²) in [5, 5.41) is 0. The van der Waals surface area contributed by atoms with E-state index in [-0.39, 0.29) is 12.8 Å². The van der Waals surface area contributed by atoms with E-state index in [9.17, 15) is 0 Å². The lowest BCUT2D eigenvalue weighted by Gasteiger charge is -2.60. The maximum atomic E-state index is 4.94. The molecule has 1 aromatic rings. The van der Waals surface area contributed by atoms with Crippen LogP contribution < -0.4 is 0 Å². The SMILES string of the molecule is C.C=CCC(C/C(C)=C(\C)CC)[C@@H](C)C1CCC2C3CC4C5C=C(c6ncc(CC(C)C)cn6)C(=C)C(C)(C3CCC21C)C54C.CC. The van der Waals surface area contributed by atoms with Crippen LogP contribution in [0.2, 0.25) is 0 Å². The molecule has 5 aliphatic rings. The standard InChI is InChI=1S/C42H62N2.C2H6.CH4/c1-12-14-31(20-27(6)26(5)13-2)28(7)34-15-16-35-33-22-38-37-21-32(39-43-23-30(24-44-39)19-25(3)4)29(8)41(10,42(37,38)11)36(33)17-18-40(34,35)9;1-2;/h12,21,23-25,28,31,33-38H,1,8,13-20,22H2,2-7,9-11H3;1-2H3;1H4/b27-26+;;/t28-,31?,33?,34?,35?,36?,37?,38?,40?,41?,42?;;/m1../s1. The third-order valence-corrected chi connectivity index (χ3v) is 15.2. The molecule has 0 amide bonds. The second kappa shape index (κ2) is 14.1. The second-order valence-corrected chi connectivity index (χ2v) is 17.3. The average Bonchev–Trinajstić information content (AvgIpc) is 3.45. The molecule has 10 unspecified atom stereocenters.